The van der Waals surface area contributed by atoms with Gasteiger partial charge in [-0.25, -0.2) is 0 Å². The van der Waals surface area contributed by atoms with Crippen molar-refractivity contribution < 1.29 is 17.7 Å². The number of halogens is 3. The second-order valence-corrected chi connectivity index (χ2v) is 3.79. The Labute approximate surface area is 93.0 Å². The maximum atomic E-state index is 12.2. The Morgan fingerprint density at radius 1 is 1.31 bits per heavy atom. The van der Waals surface area contributed by atoms with Crippen LogP contribution < -0.4 is 4.74 Å². The molecule has 0 radical (unpaired) electrons. The molecule has 1 aromatic carbocycles. The summed E-state index contributed by atoms with van der Waals surface area (Å²) in [6.45, 7) is 1.10. The number of aryl methyl sites for hydroxylation is 2. The van der Waals surface area contributed by atoms with Crippen molar-refractivity contribution in [2.45, 2.75) is 13.8 Å². The van der Waals surface area contributed by atoms with Crippen LogP contribution in [0.3, 0.4) is 0 Å². The molecule has 0 bridgehead atoms. The highest BCUT2D eigenvalue weighted by Crippen LogP contribution is 2.22. The molecule has 16 heavy (non-hydrogen) atoms. The lowest BCUT2D eigenvalue weighted by atomic mass is 9.81. The molecule has 0 N–H and O–H groups in total. The Morgan fingerprint density at radius 2 is 1.94 bits per heavy atom. The largest absolute Gasteiger partial charge is 0.508 e. The van der Waals surface area contributed by atoms with Crippen molar-refractivity contribution in [2.75, 3.05) is 6.61 Å². The fourth-order valence-electron chi connectivity index (χ4n) is 1.13. The lowest BCUT2D eigenvalue weighted by molar-refractivity contribution is 0.344. The summed E-state index contributed by atoms with van der Waals surface area (Å²) < 4.78 is 41.7. The first-order valence-electron chi connectivity index (χ1n) is 4.88. The lowest BCUT2D eigenvalue weighted by Gasteiger charge is -2.19. The van der Waals surface area contributed by atoms with Crippen LogP contribution in [-0.4, -0.2) is 13.6 Å². The molecule has 0 aliphatic carbocycles. The van der Waals surface area contributed by atoms with E-state index in [1.54, 1.807) is 13.0 Å². The van der Waals surface area contributed by atoms with Crippen LogP contribution in [-0.2, 0) is 0 Å². The van der Waals surface area contributed by atoms with E-state index in [-0.39, 0.29) is 0 Å². The monoisotopic (exact) mass is 229 g/mol. The van der Waals surface area contributed by atoms with Crippen LogP contribution in [0, 0.1) is 13.8 Å². The van der Waals surface area contributed by atoms with Gasteiger partial charge in [0.1, 0.15) is 5.75 Å². The Bertz CT molecular complexity index is 399. The summed E-state index contributed by atoms with van der Waals surface area (Å²) >= 11 is 0. The minimum absolute atomic E-state index is 0.473. The van der Waals surface area contributed by atoms with Gasteiger partial charge in [0.25, 0.3) is 0 Å². The topological polar surface area (TPSA) is 9.23 Å². The molecule has 1 rings (SSSR count). The van der Waals surface area contributed by atoms with Gasteiger partial charge < -0.3 is 17.7 Å². The number of benzene rings is 1. The predicted octanol–water partition coefficient (Wildman–Crippen LogP) is 3.63. The number of hydrogen-bond donors (Lipinski definition) is 0. The molecule has 1 nitrogen and oxygen atoms in total. The molecule has 0 saturated carbocycles. The van der Waals surface area contributed by atoms with E-state index in [2.05, 4.69) is 6.58 Å². The Kier molecular flexibility index (Phi) is 3.68. The van der Waals surface area contributed by atoms with E-state index in [0.717, 1.165) is 11.1 Å². The molecule has 0 unspecified atom stereocenters. The van der Waals surface area contributed by atoms with Gasteiger partial charge in [0.15, 0.2) is 0 Å². The standard InChI is InChI=1S/C11H13BF3O/c1-8-4-5-9(2)11(6-8)16-7-10(3)12(13,14)15/h4-6H,3,7H2,1-2H3/q-1. The summed E-state index contributed by atoms with van der Waals surface area (Å²) in [6.07, 6.45) is 0. The van der Waals surface area contributed by atoms with Crippen molar-refractivity contribution in [3.63, 3.8) is 0 Å². The molecular formula is C11H13BF3O-. The average Bonchev–Trinajstić information content (AvgIpc) is 2.17. The van der Waals surface area contributed by atoms with Crippen LogP contribution in [0.15, 0.2) is 30.3 Å². The van der Waals surface area contributed by atoms with Gasteiger partial charge in [0.2, 0.25) is 0 Å². The number of hydrogen-bond acceptors (Lipinski definition) is 1. The fourth-order valence-corrected chi connectivity index (χ4v) is 1.13. The van der Waals surface area contributed by atoms with Crippen molar-refractivity contribution in [3.8, 4) is 5.75 Å². The number of ether oxygens (including phenoxy) is 1. The van der Waals surface area contributed by atoms with E-state index in [1.807, 2.05) is 19.1 Å². The first kappa shape index (κ1) is 12.7. The summed E-state index contributed by atoms with van der Waals surface area (Å²) in [6, 6.07) is 5.41. The maximum absolute atomic E-state index is 12.2. The first-order valence-corrected chi connectivity index (χ1v) is 4.88. The summed E-state index contributed by atoms with van der Waals surface area (Å²) in [5.41, 5.74) is 0.942. The minimum atomic E-state index is -5.01. The van der Waals surface area contributed by atoms with Crippen molar-refractivity contribution in [3.05, 3.63) is 41.4 Å². The van der Waals surface area contributed by atoms with Crippen molar-refractivity contribution in [1.29, 1.82) is 0 Å². The SMILES string of the molecule is C=C(COc1cc(C)ccc1C)[B-](F)(F)F. The zero-order chi connectivity index (χ0) is 12.3. The summed E-state index contributed by atoms with van der Waals surface area (Å²) in [5.74, 6) is 0.473. The van der Waals surface area contributed by atoms with Crippen LogP contribution in [0.4, 0.5) is 12.9 Å². The van der Waals surface area contributed by atoms with Crippen LogP contribution in [0.1, 0.15) is 11.1 Å². The van der Waals surface area contributed by atoms with Crippen molar-refractivity contribution in [1.82, 2.24) is 0 Å². The molecule has 0 atom stereocenters. The number of rotatable bonds is 4. The second kappa shape index (κ2) is 4.64. The zero-order valence-electron chi connectivity index (χ0n) is 9.27. The molecule has 0 saturated heterocycles. The summed E-state index contributed by atoms with van der Waals surface area (Å²) in [5, 5.41) is 0. The van der Waals surface area contributed by atoms with Crippen LogP contribution in [0.25, 0.3) is 0 Å². The van der Waals surface area contributed by atoms with Crippen molar-refractivity contribution in [2.24, 2.45) is 0 Å². The van der Waals surface area contributed by atoms with E-state index < -0.39 is 19.1 Å². The molecule has 0 heterocycles. The summed E-state index contributed by atoms with van der Waals surface area (Å²) in [4.78, 5) is 0. The normalized spacial score (nSPS) is 11.3. The lowest BCUT2D eigenvalue weighted by Crippen LogP contribution is -2.23. The van der Waals surface area contributed by atoms with Gasteiger partial charge in [0, 0.05) is 0 Å². The van der Waals surface area contributed by atoms with E-state index in [1.165, 1.54) is 0 Å². The molecule has 0 aliphatic rings. The van der Waals surface area contributed by atoms with Gasteiger partial charge in [-0.1, -0.05) is 12.1 Å². The molecule has 5 heteroatoms. The summed E-state index contributed by atoms with van der Waals surface area (Å²) in [7, 11) is 0. The smallest absolute Gasteiger partial charge is 0.492 e. The van der Waals surface area contributed by atoms with E-state index in [0.29, 0.717) is 5.75 Å². The quantitative estimate of drug-likeness (QED) is 0.716. The average molecular weight is 229 g/mol. The molecule has 0 aliphatic heterocycles. The van der Waals surface area contributed by atoms with Gasteiger partial charge in [-0.2, -0.15) is 0 Å². The minimum Gasteiger partial charge on any atom is -0.492 e. The van der Waals surface area contributed by atoms with Crippen molar-refractivity contribution >= 4 is 6.98 Å². The molecule has 0 amide bonds. The third kappa shape index (κ3) is 3.33. The molecular weight excluding hydrogens is 216 g/mol. The van der Waals surface area contributed by atoms with Gasteiger partial charge in [-0.05, 0) is 31.0 Å². The molecule has 88 valence electrons. The highest BCUT2D eigenvalue weighted by Gasteiger charge is 2.26. The molecule has 0 fully saturated rings. The van der Waals surface area contributed by atoms with Crippen LogP contribution in [0.5, 0.6) is 5.75 Å². The highest BCUT2D eigenvalue weighted by molar-refractivity contribution is 6.66. The van der Waals surface area contributed by atoms with E-state index >= 15 is 0 Å². The van der Waals surface area contributed by atoms with Gasteiger partial charge in [-0.15, -0.1) is 12.1 Å². The fraction of sp³-hybridized carbons (Fsp3) is 0.273. The van der Waals surface area contributed by atoms with E-state index in [4.69, 9.17) is 4.74 Å². The third-order valence-corrected chi connectivity index (χ3v) is 2.22. The van der Waals surface area contributed by atoms with Crippen LogP contribution in [0.2, 0.25) is 0 Å². The Balaban J connectivity index is 2.68. The highest BCUT2D eigenvalue weighted by atomic mass is 19.4. The maximum Gasteiger partial charge on any atom is 0.508 e. The molecule has 1 aromatic rings. The predicted molar refractivity (Wildman–Crippen MR) is 59.6 cm³/mol. The molecule has 0 spiro atoms. The van der Waals surface area contributed by atoms with Crippen LogP contribution >= 0.6 is 0 Å². The van der Waals surface area contributed by atoms with Gasteiger partial charge >= 0.3 is 6.98 Å². The third-order valence-electron chi connectivity index (χ3n) is 2.22. The Morgan fingerprint density at radius 3 is 2.50 bits per heavy atom. The molecule has 0 aromatic heterocycles. The Hall–Kier alpha value is -1.39. The second-order valence-electron chi connectivity index (χ2n) is 3.79. The zero-order valence-corrected chi connectivity index (χ0v) is 9.27. The van der Waals surface area contributed by atoms with Gasteiger partial charge in [-0.3, -0.25) is 0 Å². The van der Waals surface area contributed by atoms with E-state index in [9.17, 15) is 12.9 Å². The first-order chi connectivity index (χ1) is 7.30. The van der Waals surface area contributed by atoms with Gasteiger partial charge in [0.05, 0.1) is 6.61 Å².